The largest absolute Gasteiger partial charge is 0.361 e. The Morgan fingerprint density at radius 2 is 1.81 bits per heavy atom. The average molecular weight is 433 g/mol. The Morgan fingerprint density at radius 3 is 2.61 bits per heavy atom. The number of rotatable bonds is 6. The van der Waals surface area contributed by atoms with E-state index in [-0.39, 0.29) is 0 Å². The van der Waals surface area contributed by atoms with Crippen LogP contribution in [0.2, 0.25) is 0 Å². The van der Waals surface area contributed by atoms with Crippen LogP contribution in [0.25, 0.3) is 10.8 Å². The summed E-state index contributed by atoms with van der Waals surface area (Å²) in [5.41, 5.74) is 3.44. The minimum Gasteiger partial charge on any atom is -0.361 e. The quantitative estimate of drug-likeness (QED) is 0.329. The molecule has 1 aliphatic carbocycles. The highest BCUT2D eigenvalue weighted by atomic mass is 32.2. The second-order valence-electron chi connectivity index (χ2n) is 8.47. The van der Waals surface area contributed by atoms with E-state index in [0.29, 0.717) is 6.04 Å². The molecule has 0 atom stereocenters. The minimum absolute atomic E-state index is 0.487. The molecule has 0 N–H and O–H groups in total. The van der Waals surface area contributed by atoms with Crippen molar-refractivity contribution in [2.75, 3.05) is 0 Å². The number of hydrogen-bond donors (Lipinski definition) is 0. The maximum atomic E-state index is 5.35. The second kappa shape index (κ2) is 8.87. The topological polar surface area (TPSA) is 56.7 Å². The summed E-state index contributed by atoms with van der Waals surface area (Å²) >= 11 is 1.75. The summed E-state index contributed by atoms with van der Waals surface area (Å²) in [5.74, 6) is 2.77. The molecule has 2 aromatic carbocycles. The first kappa shape index (κ1) is 20.3. The molecule has 4 aromatic rings. The van der Waals surface area contributed by atoms with Crippen LogP contribution in [-0.4, -0.2) is 19.9 Å². The lowest BCUT2D eigenvalue weighted by Gasteiger charge is -2.25. The van der Waals surface area contributed by atoms with E-state index in [0.717, 1.165) is 34.6 Å². The molecular formula is C25H28N4OS. The number of aromatic nitrogens is 4. The molecule has 0 spiro atoms. The van der Waals surface area contributed by atoms with Crippen LogP contribution in [0, 0.1) is 13.8 Å². The highest BCUT2D eigenvalue weighted by Gasteiger charge is 2.24. The fourth-order valence-corrected chi connectivity index (χ4v) is 5.87. The first-order valence-corrected chi connectivity index (χ1v) is 12.1. The van der Waals surface area contributed by atoms with Gasteiger partial charge in [0, 0.05) is 23.8 Å². The predicted molar refractivity (Wildman–Crippen MR) is 124 cm³/mol. The Kier molecular flexibility index (Phi) is 5.81. The predicted octanol–water partition coefficient (Wildman–Crippen LogP) is 6.42. The Balaban J connectivity index is 1.48. The van der Waals surface area contributed by atoms with Crippen molar-refractivity contribution in [2.45, 2.75) is 69.3 Å². The minimum atomic E-state index is 0.487. The monoisotopic (exact) mass is 432 g/mol. The van der Waals surface area contributed by atoms with Crippen molar-refractivity contribution in [1.29, 1.82) is 0 Å². The molecule has 0 bridgehead atoms. The van der Waals surface area contributed by atoms with Crippen molar-refractivity contribution in [2.24, 2.45) is 0 Å². The fraction of sp³-hybridized carbons (Fsp3) is 0.400. The van der Waals surface area contributed by atoms with Crippen LogP contribution in [0.4, 0.5) is 0 Å². The van der Waals surface area contributed by atoms with Crippen molar-refractivity contribution >= 4 is 22.5 Å². The molecule has 1 saturated carbocycles. The molecule has 160 valence electrons. The van der Waals surface area contributed by atoms with Gasteiger partial charge in [-0.25, -0.2) is 0 Å². The van der Waals surface area contributed by atoms with Crippen LogP contribution in [0.5, 0.6) is 0 Å². The van der Waals surface area contributed by atoms with Gasteiger partial charge in [0.15, 0.2) is 5.16 Å². The maximum absolute atomic E-state index is 5.35. The van der Waals surface area contributed by atoms with Crippen LogP contribution in [0.15, 0.2) is 52.1 Å². The van der Waals surface area contributed by atoms with E-state index in [2.05, 4.69) is 57.3 Å². The first-order valence-electron chi connectivity index (χ1n) is 11.2. The third-order valence-electron chi connectivity index (χ3n) is 6.43. The molecule has 0 radical (unpaired) electrons. The summed E-state index contributed by atoms with van der Waals surface area (Å²) in [4.78, 5) is 0. The van der Waals surface area contributed by atoms with Gasteiger partial charge in [0.05, 0.1) is 5.69 Å². The van der Waals surface area contributed by atoms with Crippen molar-refractivity contribution in [1.82, 2.24) is 19.9 Å². The number of fused-ring (bicyclic) bond motifs is 1. The van der Waals surface area contributed by atoms with Gasteiger partial charge in [0.1, 0.15) is 11.6 Å². The highest BCUT2D eigenvalue weighted by molar-refractivity contribution is 7.98. The lowest BCUT2D eigenvalue weighted by atomic mass is 9.95. The van der Waals surface area contributed by atoms with Crippen LogP contribution >= 0.6 is 11.8 Å². The van der Waals surface area contributed by atoms with E-state index in [1.165, 1.54) is 54.0 Å². The first-order chi connectivity index (χ1) is 15.2. The second-order valence-corrected chi connectivity index (χ2v) is 9.41. The normalized spacial score (nSPS) is 15.0. The average Bonchev–Trinajstić information content (AvgIpc) is 3.35. The number of benzene rings is 2. The van der Waals surface area contributed by atoms with E-state index in [1.54, 1.807) is 11.8 Å². The summed E-state index contributed by atoms with van der Waals surface area (Å²) < 4.78 is 7.78. The van der Waals surface area contributed by atoms with Gasteiger partial charge in [-0.15, -0.1) is 10.2 Å². The Labute approximate surface area is 187 Å². The van der Waals surface area contributed by atoms with Crippen molar-refractivity contribution in [3.63, 3.8) is 0 Å². The zero-order valence-corrected chi connectivity index (χ0v) is 19.0. The third-order valence-corrected chi connectivity index (χ3v) is 7.40. The van der Waals surface area contributed by atoms with Gasteiger partial charge in [0.2, 0.25) is 0 Å². The van der Waals surface area contributed by atoms with Crippen molar-refractivity contribution in [3.05, 3.63) is 70.9 Å². The molecule has 5 rings (SSSR count). The Morgan fingerprint density at radius 1 is 1.00 bits per heavy atom. The van der Waals surface area contributed by atoms with E-state index < -0.39 is 0 Å². The van der Waals surface area contributed by atoms with E-state index >= 15 is 0 Å². The molecule has 2 heterocycles. The number of nitrogens with zero attached hydrogens (tertiary/aromatic N) is 4. The van der Waals surface area contributed by atoms with Crippen LogP contribution in [-0.2, 0) is 12.2 Å². The number of aryl methyl sites for hydroxylation is 2. The third kappa shape index (κ3) is 4.13. The van der Waals surface area contributed by atoms with Gasteiger partial charge < -0.3 is 9.09 Å². The Hall–Kier alpha value is -2.60. The molecular weight excluding hydrogens is 404 g/mol. The zero-order valence-electron chi connectivity index (χ0n) is 18.2. The van der Waals surface area contributed by atoms with Gasteiger partial charge in [-0.1, -0.05) is 78.6 Å². The van der Waals surface area contributed by atoms with Gasteiger partial charge in [-0.2, -0.15) is 0 Å². The molecule has 31 heavy (non-hydrogen) atoms. The summed E-state index contributed by atoms with van der Waals surface area (Å²) in [6.45, 7) is 3.98. The molecule has 6 heteroatoms. The number of hydrogen-bond acceptors (Lipinski definition) is 5. The van der Waals surface area contributed by atoms with E-state index in [9.17, 15) is 0 Å². The summed E-state index contributed by atoms with van der Waals surface area (Å²) in [6.07, 6.45) is 7.11. The summed E-state index contributed by atoms with van der Waals surface area (Å²) in [6, 6.07) is 15.6. The molecule has 0 aliphatic heterocycles. The smallest absolute Gasteiger partial charge is 0.191 e. The van der Waals surface area contributed by atoms with Gasteiger partial charge in [0.25, 0.3) is 0 Å². The van der Waals surface area contributed by atoms with Gasteiger partial charge in [-0.05, 0) is 43.0 Å². The van der Waals surface area contributed by atoms with Crippen LogP contribution in [0.1, 0.15) is 66.6 Å². The lowest BCUT2D eigenvalue weighted by molar-refractivity contribution is 0.330. The van der Waals surface area contributed by atoms with E-state index in [1.807, 2.05) is 13.8 Å². The molecule has 0 saturated heterocycles. The molecule has 0 amide bonds. The van der Waals surface area contributed by atoms with Crippen LogP contribution < -0.4 is 0 Å². The molecule has 2 aromatic heterocycles. The molecule has 1 fully saturated rings. The fourth-order valence-electron chi connectivity index (χ4n) is 4.69. The Bertz CT molecular complexity index is 1160. The molecule has 5 nitrogen and oxygen atoms in total. The lowest BCUT2D eigenvalue weighted by Crippen LogP contribution is -2.17. The van der Waals surface area contributed by atoms with Gasteiger partial charge >= 0.3 is 0 Å². The molecule has 0 unspecified atom stereocenters. The van der Waals surface area contributed by atoms with Crippen LogP contribution in [0.3, 0.4) is 0 Å². The summed E-state index contributed by atoms with van der Waals surface area (Å²) in [5, 5.41) is 17.0. The standard InChI is InChI=1S/C25H28N4OS/c1-17-23(18(2)30-28-17)16-31-25-27-26-24(29(25)21-12-4-3-5-13-21)15-20-11-8-10-19-9-6-7-14-22(19)20/h6-11,14,21H,3-5,12-13,15-16H2,1-2H3. The molecule has 1 aliphatic rings. The van der Waals surface area contributed by atoms with Crippen molar-refractivity contribution < 1.29 is 4.52 Å². The zero-order chi connectivity index (χ0) is 21.2. The highest BCUT2D eigenvalue weighted by Crippen LogP contribution is 2.35. The maximum Gasteiger partial charge on any atom is 0.191 e. The van der Waals surface area contributed by atoms with E-state index in [4.69, 9.17) is 9.62 Å². The number of thioether (sulfide) groups is 1. The SMILES string of the molecule is Cc1noc(C)c1CSc1nnc(Cc2cccc3ccccc23)n1C1CCCCC1. The van der Waals surface area contributed by atoms with Gasteiger partial charge in [-0.3, -0.25) is 0 Å². The van der Waals surface area contributed by atoms with Crippen molar-refractivity contribution in [3.8, 4) is 0 Å². The summed E-state index contributed by atoms with van der Waals surface area (Å²) in [7, 11) is 0.